The summed E-state index contributed by atoms with van der Waals surface area (Å²) in [7, 11) is 0. The summed E-state index contributed by atoms with van der Waals surface area (Å²) in [6.07, 6.45) is 0. The maximum absolute atomic E-state index is 12.2. The number of ketones is 2. The first-order chi connectivity index (χ1) is 17.8. The summed E-state index contributed by atoms with van der Waals surface area (Å²) in [5.74, 6) is -6.63. The Kier molecular flexibility index (Phi) is 28.7. The van der Waals surface area contributed by atoms with Gasteiger partial charge in [-0.05, 0) is 12.1 Å². The van der Waals surface area contributed by atoms with Crippen LogP contribution in [0, 0.1) is 35.6 Å². The second-order valence-corrected chi connectivity index (χ2v) is 8.06. The molecule has 0 spiro atoms. The quantitative estimate of drug-likeness (QED) is 0.0857. The van der Waals surface area contributed by atoms with Crippen molar-refractivity contribution in [2.45, 2.75) is 0 Å². The Morgan fingerprint density at radius 1 is 0.558 bits per heavy atom. The van der Waals surface area contributed by atoms with Crippen LogP contribution in [0.15, 0.2) is 36.4 Å². The van der Waals surface area contributed by atoms with Crippen LogP contribution in [0.4, 0.5) is 0 Å². The van der Waals surface area contributed by atoms with Crippen molar-refractivity contribution in [2.24, 2.45) is 0 Å². The molecule has 0 saturated heterocycles. The van der Waals surface area contributed by atoms with Crippen LogP contribution in [0.25, 0.3) is 0 Å². The molecule has 3 rings (SSSR count). The molecule has 0 heterocycles. The first-order valence-corrected chi connectivity index (χ1v) is 10.9. The van der Waals surface area contributed by atoms with Crippen molar-refractivity contribution in [1.82, 2.24) is 9.80 Å². The molecule has 0 amide bonds. The molecule has 0 bridgehead atoms. The predicted molar refractivity (Wildman–Crippen MR) is 155 cm³/mol. The van der Waals surface area contributed by atoms with Gasteiger partial charge in [0.25, 0.3) is 0 Å². The Hall–Kier alpha value is 0.375. The van der Waals surface area contributed by atoms with Crippen molar-refractivity contribution in [1.29, 1.82) is 0 Å². The number of rotatable bonds is 11. The summed E-state index contributed by atoms with van der Waals surface area (Å²) in [6.45, 7) is -2.25. The first kappa shape index (κ1) is 50.2. The Balaban J connectivity index is -0.000000317. The maximum atomic E-state index is 12.2. The third-order valence-electron chi connectivity index (χ3n) is 5.21. The van der Waals surface area contributed by atoms with Crippen LogP contribution >= 0.6 is 0 Å². The Bertz CT molecular complexity index is 1230. The van der Waals surface area contributed by atoms with Gasteiger partial charge in [-0.2, -0.15) is 0 Å². The van der Waals surface area contributed by atoms with E-state index in [2.05, 4.69) is 0 Å². The van der Waals surface area contributed by atoms with Gasteiger partial charge in [0.1, 0.15) is 0 Å². The number of aliphatic carboxylic acids is 4. The van der Waals surface area contributed by atoms with E-state index in [0.29, 0.717) is 5.56 Å². The molecule has 1 aliphatic rings. The molecule has 14 nitrogen and oxygen atoms in total. The topological polar surface area (TPSA) is 230 Å². The second kappa shape index (κ2) is 24.5. The van der Waals surface area contributed by atoms with Gasteiger partial charge >= 0.3 is 142 Å². The number of phenols is 2. The number of hydrogen-bond acceptors (Lipinski definition) is 10. The van der Waals surface area contributed by atoms with E-state index in [1.165, 1.54) is 18.2 Å². The van der Waals surface area contributed by atoms with Gasteiger partial charge in [-0.15, -0.1) is 0 Å². The van der Waals surface area contributed by atoms with Gasteiger partial charge in [0, 0.05) is 65.4 Å². The molecule has 213 valence electrons. The average molecular weight is 767 g/mol. The van der Waals surface area contributed by atoms with Crippen LogP contribution in [0.5, 0.6) is 11.5 Å². The number of hydrogen-bond donors (Lipinski definition) is 6. The molecule has 0 atom stereocenters. The molecule has 2 aromatic rings. The fourth-order valence-corrected chi connectivity index (χ4v) is 3.63. The zero-order valence-electron chi connectivity index (χ0n) is 20.3. The number of carbonyl (C=O) groups is 6. The zero-order valence-corrected chi connectivity index (χ0v) is 23.9. The molecule has 2 aromatic carbocycles. The monoisotopic (exact) mass is 767 g/mol. The molecule has 1 aliphatic carbocycles. The number of aromatic hydroxyl groups is 2. The summed E-state index contributed by atoms with van der Waals surface area (Å²) < 4.78 is 0. The second-order valence-electron chi connectivity index (χ2n) is 8.06. The van der Waals surface area contributed by atoms with E-state index in [9.17, 15) is 39.0 Å². The standard InChI is InChI=1S/C14H8O4.C10H16N2O8.La.4Na.4H/c15-10-6-5-9-11(14(10)18)13(17)8-4-2-1-3-7(8)12(9)16;13-7(14)3-11(4-8(15)16)1-2-12(5-9(17)18)6-10(19)20;;;;;;;;;/h1-6,15,18H;1-6H2,(H,13,14)(H,15,16)(H,17,18)(H,19,20);;;;;;;;;. The van der Waals surface area contributed by atoms with Crippen molar-refractivity contribution in [3.63, 3.8) is 0 Å². The van der Waals surface area contributed by atoms with E-state index in [0.717, 1.165) is 9.80 Å². The minimum atomic E-state index is -1.23. The molecule has 0 fully saturated rings. The van der Waals surface area contributed by atoms with E-state index in [4.69, 9.17) is 20.4 Å². The predicted octanol–water partition coefficient (Wildman–Crippen LogP) is -2.79. The molecule has 0 unspecified atom stereocenters. The number of carbonyl (C=O) groups excluding carboxylic acids is 2. The SMILES string of the molecule is O=C(O)CN(CCN(CC(=O)O)CC(=O)O)CC(=O)O.O=C1c2ccccc2C(=O)c2c1ccc(O)c2O.[La].[NaH].[NaH].[NaH].[NaH]. The van der Waals surface area contributed by atoms with Crippen molar-refractivity contribution in [3.05, 3.63) is 58.7 Å². The molecule has 43 heavy (non-hydrogen) atoms. The molecule has 19 heteroatoms. The van der Waals surface area contributed by atoms with Gasteiger partial charge in [0.2, 0.25) is 0 Å². The number of fused-ring (bicyclic) bond motifs is 2. The van der Waals surface area contributed by atoms with Crippen molar-refractivity contribution >= 4 is 154 Å². The van der Waals surface area contributed by atoms with E-state index in [1.54, 1.807) is 18.2 Å². The fraction of sp³-hybridized carbons (Fsp3) is 0.250. The van der Waals surface area contributed by atoms with Gasteiger partial charge < -0.3 is 30.6 Å². The number of carboxylic acid groups (broad SMARTS) is 4. The Morgan fingerprint density at radius 3 is 1.26 bits per heavy atom. The fourth-order valence-electron chi connectivity index (χ4n) is 3.63. The van der Waals surface area contributed by atoms with Crippen molar-refractivity contribution in [2.75, 3.05) is 39.3 Å². The number of benzene rings is 2. The van der Waals surface area contributed by atoms with E-state index in [-0.39, 0.29) is 189 Å². The molecule has 6 N–H and O–H groups in total. The van der Waals surface area contributed by atoms with Gasteiger partial charge in [-0.25, -0.2) is 0 Å². The summed E-state index contributed by atoms with van der Waals surface area (Å²) >= 11 is 0. The van der Waals surface area contributed by atoms with Gasteiger partial charge in [0.15, 0.2) is 23.1 Å². The number of phenolic OH excluding ortho intramolecular Hbond substituents is 2. The van der Waals surface area contributed by atoms with Gasteiger partial charge in [-0.3, -0.25) is 38.6 Å². The van der Waals surface area contributed by atoms with Crippen LogP contribution in [-0.4, -0.2) is 233 Å². The molecular formula is C24H28LaN2Na4O12. The van der Waals surface area contributed by atoms with Crippen LogP contribution in [0.2, 0.25) is 0 Å². The first-order valence-electron chi connectivity index (χ1n) is 10.9. The number of carboxylic acids is 4. The van der Waals surface area contributed by atoms with Gasteiger partial charge in [-0.1, -0.05) is 24.3 Å². The van der Waals surface area contributed by atoms with E-state index in [1.807, 2.05) is 0 Å². The zero-order chi connectivity index (χ0) is 28.6. The Labute approximate surface area is 362 Å². The Morgan fingerprint density at radius 2 is 0.907 bits per heavy atom. The number of nitrogens with zero attached hydrogens (tertiary/aromatic N) is 2. The summed E-state index contributed by atoms with van der Waals surface area (Å²) in [5.41, 5.74) is 0.559. The molecule has 1 radical (unpaired) electrons. The van der Waals surface area contributed by atoms with E-state index < -0.39 is 67.3 Å². The van der Waals surface area contributed by atoms with Crippen LogP contribution in [0.1, 0.15) is 31.8 Å². The minimum absolute atomic E-state index is 0. The summed E-state index contributed by atoms with van der Waals surface area (Å²) in [5, 5.41) is 53.6. The van der Waals surface area contributed by atoms with Crippen molar-refractivity contribution < 1.29 is 95.0 Å². The normalized spacial score (nSPS) is 10.5. The molecule has 0 aliphatic heterocycles. The van der Waals surface area contributed by atoms with E-state index >= 15 is 0 Å². The third kappa shape index (κ3) is 16.2. The van der Waals surface area contributed by atoms with Crippen LogP contribution in [0.3, 0.4) is 0 Å². The molecule has 0 aromatic heterocycles. The van der Waals surface area contributed by atoms with Gasteiger partial charge in [0.05, 0.1) is 31.7 Å². The van der Waals surface area contributed by atoms with Crippen molar-refractivity contribution in [3.8, 4) is 11.5 Å². The van der Waals surface area contributed by atoms with Crippen LogP contribution in [-0.2, 0) is 19.2 Å². The molecule has 0 saturated carbocycles. The van der Waals surface area contributed by atoms with Crippen LogP contribution < -0.4 is 0 Å². The summed E-state index contributed by atoms with van der Waals surface area (Å²) in [4.78, 5) is 68.7. The third-order valence-corrected chi connectivity index (χ3v) is 5.21. The average Bonchev–Trinajstić information content (AvgIpc) is 2.81. The molecular weight excluding hydrogens is 739 g/mol. The summed E-state index contributed by atoms with van der Waals surface area (Å²) in [6, 6.07) is 8.97.